The standard InChI is InChI=1S/C13H18N4S/c1-2-10-3-4-12(18-10)11-9-13(16-15-11)17-7-5-14-6-8-17/h3-4,9,14H,2,5-8H2,1H3,(H,15,16). The monoisotopic (exact) mass is 262 g/mol. The van der Waals surface area contributed by atoms with E-state index in [-0.39, 0.29) is 0 Å². The Hall–Kier alpha value is -1.33. The highest BCUT2D eigenvalue weighted by molar-refractivity contribution is 7.15. The van der Waals surface area contributed by atoms with Crippen LogP contribution in [0.3, 0.4) is 0 Å². The van der Waals surface area contributed by atoms with Gasteiger partial charge >= 0.3 is 0 Å². The van der Waals surface area contributed by atoms with Crippen LogP contribution >= 0.6 is 11.3 Å². The molecule has 0 saturated carbocycles. The van der Waals surface area contributed by atoms with E-state index in [2.05, 4.69) is 45.5 Å². The Bertz CT molecular complexity index is 511. The molecule has 1 saturated heterocycles. The second-order valence-electron chi connectivity index (χ2n) is 4.50. The molecule has 0 aromatic carbocycles. The first-order chi connectivity index (χ1) is 8.86. The van der Waals surface area contributed by atoms with Crippen molar-refractivity contribution in [2.75, 3.05) is 31.1 Å². The van der Waals surface area contributed by atoms with Crippen LogP contribution in [0.1, 0.15) is 11.8 Å². The summed E-state index contributed by atoms with van der Waals surface area (Å²) in [4.78, 5) is 5.02. The van der Waals surface area contributed by atoms with Crippen LogP contribution in [0.25, 0.3) is 10.6 Å². The topological polar surface area (TPSA) is 44.0 Å². The van der Waals surface area contributed by atoms with Gasteiger partial charge in [0.1, 0.15) is 0 Å². The molecule has 3 heterocycles. The van der Waals surface area contributed by atoms with Crippen LogP contribution in [0, 0.1) is 0 Å². The van der Waals surface area contributed by atoms with Crippen LogP contribution < -0.4 is 10.2 Å². The fourth-order valence-corrected chi connectivity index (χ4v) is 3.12. The Morgan fingerprint density at radius 1 is 1.33 bits per heavy atom. The normalized spacial score (nSPS) is 16.2. The molecule has 0 spiro atoms. The second-order valence-corrected chi connectivity index (χ2v) is 5.66. The zero-order chi connectivity index (χ0) is 12.4. The maximum absolute atomic E-state index is 4.43. The average Bonchev–Trinajstić information content (AvgIpc) is 3.08. The molecule has 1 aliphatic rings. The lowest BCUT2D eigenvalue weighted by atomic mass is 10.3. The third-order valence-electron chi connectivity index (χ3n) is 3.28. The van der Waals surface area contributed by atoms with Gasteiger partial charge in [0.2, 0.25) is 0 Å². The molecule has 4 nitrogen and oxygen atoms in total. The van der Waals surface area contributed by atoms with Crippen molar-refractivity contribution in [1.29, 1.82) is 0 Å². The molecule has 0 unspecified atom stereocenters. The number of aromatic amines is 1. The number of nitrogens with one attached hydrogen (secondary N) is 2. The summed E-state index contributed by atoms with van der Waals surface area (Å²) in [5.41, 5.74) is 1.13. The summed E-state index contributed by atoms with van der Waals surface area (Å²) in [7, 11) is 0. The molecule has 2 N–H and O–H groups in total. The minimum atomic E-state index is 1.04. The van der Waals surface area contributed by atoms with E-state index >= 15 is 0 Å². The number of thiophene rings is 1. The lowest BCUT2D eigenvalue weighted by molar-refractivity contribution is 0.584. The van der Waals surface area contributed by atoms with Gasteiger partial charge in [0.05, 0.1) is 10.6 Å². The van der Waals surface area contributed by atoms with Gasteiger partial charge < -0.3 is 10.2 Å². The van der Waals surface area contributed by atoms with Crippen molar-refractivity contribution in [3.8, 4) is 10.6 Å². The lowest BCUT2D eigenvalue weighted by Crippen LogP contribution is -2.43. The largest absolute Gasteiger partial charge is 0.353 e. The van der Waals surface area contributed by atoms with Crippen LogP contribution in [0.5, 0.6) is 0 Å². The first-order valence-electron chi connectivity index (χ1n) is 6.47. The van der Waals surface area contributed by atoms with Gasteiger partial charge in [0.25, 0.3) is 0 Å². The van der Waals surface area contributed by atoms with Crippen LogP contribution in [0.4, 0.5) is 5.82 Å². The van der Waals surface area contributed by atoms with Gasteiger partial charge in [-0.2, -0.15) is 5.10 Å². The number of anilines is 1. The Labute approximate surface area is 111 Å². The van der Waals surface area contributed by atoms with Gasteiger partial charge in [-0.25, -0.2) is 0 Å². The number of aromatic nitrogens is 2. The Morgan fingerprint density at radius 3 is 2.89 bits per heavy atom. The quantitative estimate of drug-likeness (QED) is 0.890. The number of aryl methyl sites for hydroxylation is 1. The van der Waals surface area contributed by atoms with Gasteiger partial charge in [-0.15, -0.1) is 11.3 Å². The SMILES string of the molecule is CCc1ccc(-c2cc(N3CCNCC3)n[nH]2)s1. The molecule has 0 atom stereocenters. The van der Waals surface area contributed by atoms with Crippen molar-refractivity contribution < 1.29 is 0 Å². The molecule has 1 aliphatic heterocycles. The van der Waals surface area contributed by atoms with Gasteiger partial charge in [-0.05, 0) is 18.6 Å². The smallest absolute Gasteiger partial charge is 0.151 e. The van der Waals surface area contributed by atoms with E-state index in [1.807, 2.05) is 11.3 Å². The maximum Gasteiger partial charge on any atom is 0.151 e. The fourth-order valence-electron chi connectivity index (χ4n) is 2.21. The van der Waals surface area contributed by atoms with E-state index in [1.165, 1.54) is 9.75 Å². The average molecular weight is 262 g/mol. The Kier molecular flexibility index (Phi) is 3.34. The molecular formula is C13H18N4S. The van der Waals surface area contributed by atoms with E-state index in [4.69, 9.17) is 0 Å². The van der Waals surface area contributed by atoms with Crippen LogP contribution in [-0.4, -0.2) is 36.4 Å². The van der Waals surface area contributed by atoms with E-state index in [0.29, 0.717) is 0 Å². The molecule has 0 bridgehead atoms. The first kappa shape index (κ1) is 11.7. The van der Waals surface area contributed by atoms with Crippen LogP contribution in [-0.2, 0) is 6.42 Å². The number of piperazine rings is 1. The van der Waals surface area contributed by atoms with E-state index in [0.717, 1.165) is 44.1 Å². The summed E-state index contributed by atoms with van der Waals surface area (Å²) in [6.07, 6.45) is 1.10. The minimum Gasteiger partial charge on any atom is -0.353 e. The third-order valence-corrected chi connectivity index (χ3v) is 4.54. The third kappa shape index (κ3) is 2.28. The number of rotatable bonds is 3. The molecule has 18 heavy (non-hydrogen) atoms. The predicted octanol–water partition coefficient (Wildman–Crippen LogP) is 2.11. The highest BCUT2D eigenvalue weighted by Crippen LogP contribution is 2.29. The molecule has 1 fully saturated rings. The Balaban J connectivity index is 1.79. The number of H-pyrrole nitrogens is 1. The van der Waals surface area contributed by atoms with Crippen molar-refractivity contribution in [2.45, 2.75) is 13.3 Å². The molecule has 0 amide bonds. The molecule has 0 aliphatic carbocycles. The Morgan fingerprint density at radius 2 is 2.17 bits per heavy atom. The summed E-state index contributed by atoms with van der Waals surface area (Å²) in [6.45, 7) is 6.35. The predicted molar refractivity (Wildman–Crippen MR) is 76.4 cm³/mol. The lowest BCUT2D eigenvalue weighted by Gasteiger charge is -2.26. The van der Waals surface area contributed by atoms with Gasteiger partial charge in [-0.3, -0.25) is 5.10 Å². The molecule has 3 rings (SSSR count). The summed E-state index contributed by atoms with van der Waals surface area (Å²) in [5.74, 6) is 1.07. The van der Waals surface area contributed by atoms with Crippen LogP contribution in [0.2, 0.25) is 0 Å². The molecule has 2 aromatic rings. The minimum absolute atomic E-state index is 1.04. The van der Waals surface area contributed by atoms with E-state index < -0.39 is 0 Å². The highest BCUT2D eigenvalue weighted by Gasteiger charge is 2.14. The summed E-state index contributed by atoms with van der Waals surface area (Å²) < 4.78 is 0. The highest BCUT2D eigenvalue weighted by atomic mass is 32.1. The van der Waals surface area contributed by atoms with Gasteiger partial charge in [0, 0.05) is 37.1 Å². The first-order valence-corrected chi connectivity index (χ1v) is 7.28. The summed E-state index contributed by atoms with van der Waals surface area (Å²) in [5, 5.41) is 10.9. The zero-order valence-corrected chi connectivity index (χ0v) is 11.4. The molecule has 5 heteroatoms. The van der Waals surface area contributed by atoms with Gasteiger partial charge in [0.15, 0.2) is 5.82 Å². The molecular weight excluding hydrogens is 244 g/mol. The van der Waals surface area contributed by atoms with E-state index in [9.17, 15) is 0 Å². The molecule has 96 valence electrons. The van der Waals surface area contributed by atoms with Crippen molar-refractivity contribution >= 4 is 17.2 Å². The maximum atomic E-state index is 4.43. The number of nitrogens with zero attached hydrogens (tertiary/aromatic N) is 2. The fraction of sp³-hybridized carbons (Fsp3) is 0.462. The summed E-state index contributed by atoms with van der Waals surface area (Å²) >= 11 is 1.84. The summed E-state index contributed by atoms with van der Waals surface area (Å²) in [6, 6.07) is 6.54. The molecule has 0 radical (unpaired) electrons. The number of hydrogen-bond donors (Lipinski definition) is 2. The van der Waals surface area contributed by atoms with E-state index in [1.54, 1.807) is 0 Å². The van der Waals surface area contributed by atoms with Crippen molar-refractivity contribution in [3.63, 3.8) is 0 Å². The molecule has 2 aromatic heterocycles. The van der Waals surface area contributed by atoms with Crippen molar-refractivity contribution in [1.82, 2.24) is 15.5 Å². The van der Waals surface area contributed by atoms with Crippen LogP contribution in [0.15, 0.2) is 18.2 Å². The van der Waals surface area contributed by atoms with Gasteiger partial charge in [-0.1, -0.05) is 6.92 Å². The van der Waals surface area contributed by atoms with Crippen molar-refractivity contribution in [3.05, 3.63) is 23.1 Å². The number of hydrogen-bond acceptors (Lipinski definition) is 4. The zero-order valence-electron chi connectivity index (χ0n) is 10.6. The van der Waals surface area contributed by atoms with Crippen molar-refractivity contribution in [2.24, 2.45) is 0 Å². The second kappa shape index (κ2) is 5.12.